The molecule has 2 aromatic heterocycles. The van der Waals surface area contributed by atoms with Gasteiger partial charge in [0.1, 0.15) is 5.01 Å². The molecule has 0 aliphatic rings. The van der Waals surface area contributed by atoms with Crippen LogP contribution >= 0.6 is 34.4 Å². The first-order valence-corrected chi connectivity index (χ1v) is 10.8. The zero-order valence-corrected chi connectivity index (χ0v) is 17.1. The highest BCUT2D eigenvalue weighted by atomic mass is 32.2. The van der Waals surface area contributed by atoms with E-state index < -0.39 is 0 Å². The van der Waals surface area contributed by atoms with Gasteiger partial charge in [0.2, 0.25) is 11.0 Å². The van der Waals surface area contributed by atoms with Gasteiger partial charge in [0, 0.05) is 5.56 Å². The molecule has 0 aliphatic carbocycles. The highest BCUT2D eigenvalue weighted by Gasteiger charge is 2.19. The number of carbonyl (C=O) groups excluding carboxylic acids is 1. The van der Waals surface area contributed by atoms with Crippen molar-refractivity contribution in [2.45, 2.75) is 23.4 Å². The topological polar surface area (TPSA) is 67.8 Å². The van der Waals surface area contributed by atoms with Crippen LogP contribution in [0.1, 0.15) is 12.5 Å². The van der Waals surface area contributed by atoms with Gasteiger partial charge in [-0.05, 0) is 26.0 Å². The van der Waals surface area contributed by atoms with Crippen molar-refractivity contribution < 1.29 is 4.79 Å². The van der Waals surface area contributed by atoms with Crippen molar-refractivity contribution in [1.29, 1.82) is 0 Å². The molecule has 1 amide bonds. The molecule has 2 aromatic carbocycles. The maximum absolute atomic E-state index is 12.5. The number of rotatable bonds is 5. The maximum atomic E-state index is 12.5. The molecule has 0 spiro atoms. The average Bonchev–Trinajstić information content (AvgIpc) is 3.28. The van der Waals surface area contributed by atoms with Crippen LogP contribution in [0.25, 0.3) is 20.8 Å². The predicted octanol–water partition coefficient (Wildman–Crippen LogP) is 5.24. The Kier molecular flexibility index (Phi) is 5.20. The van der Waals surface area contributed by atoms with Gasteiger partial charge in [-0.25, -0.2) is 4.98 Å². The summed E-state index contributed by atoms with van der Waals surface area (Å²) in [5.41, 5.74) is 3.15. The van der Waals surface area contributed by atoms with Crippen LogP contribution in [0.3, 0.4) is 0 Å². The lowest BCUT2D eigenvalue weighted by atomic mass is 10.2. The number of hydrogen-bond donors (Lipinski definition) is 1. The highest BCUT2D eigenvalue weighted by Crippen LogP contribution is 2.33. The molecule has 8 heteroatoms. The largest absolute Gasteiger partial charge is 0.300 e. The van der Waals surface area contributed by atoms with Gasteiger partial charge >= 0.3 is 0 Å². The summed E-state index contributed by atoms with van der Waals surface area (Å²) in [7, 11) is 0. The summed E-state index contributed by atoms with van der Waals surface area (Å²) in [6.45, 7) is 3.91. The van der Waals surface area contributed by atoms with Gasteiger partial charge in [0.05, 0.1) is 15.5 Å². The minimum absolute atomic E-state index is 0.106. The third kappa shape index (κ3) is 4.18. The molecule has 0 radical (unpaired) electrons. The van der Waals surface area contributed by atoms with Crippen LogP contribution in [0.15, 0.2) is 52.9 Å². The second-order valence-electron chi connectivity index (χ2n) is 5.98. The van der Waals surface area contributed by atoms with Gasteiger partial charge in [-0.1, -0.05) is 65.1 Å². The minimum Gasteiger partial charge on any atom is -0.300 e. The normalized spacial score (nSPS) is 12.2. The number of nitrogens with zero attached hydrogens (tertiary/aromatic N) is 3. The number of para-hydroxylation sites is 1. The molecule has 4 aromatic rings. The summed E-state index contributed by atoms with van der Waals surface area (Å²) in [6, 6.07) is 16.1. The van der Waals surface area contributed by atoms with E-state index in [1.54, 1.807) is 11.3 Å². The van der Waals surface area contributed by atoms with Crippen LogP contribution in [-0.4, -0.2) is 26.3 Å². The number of aryl methyl sites for hydroxylation is 1. The molecule has 4 rings (SSSR count). The monoisotopic (exact) mass is 412 g/mol. The Balaban J connectivity index is 1.41. The number of fused-ring (bicyclic) bond motifs is 1. The first-order chi connectivity index (χ1) is 13.1. The number of carbonyl (C=O) groups is 1. The Bertz CT molecular complexity index is 1050. The highest BCUT2D eigenvalue weighted by molar-refractivity contribution is 8.02. The molecule has 136 valence electrons. The van der Waals surface area contributed by atoms with Gasteiger partial charge in [-0.15, -0.1) is 21.5 Å². The SMILES string of the molecule is Cc1ccc(-c2nnc(NC(=O)C(C)Sc3nc4ccccc4s3)s2)cc1. The van der Waals surface area contributed by atoms with E-state index in [0.717, 1.165) is 25.1 Å². The summed E-state index contributed by atoms with van der Waals surface area (Å²) in [5, 5.41) is 12.1. The van der Waals surface area contributed by atoms with Crippen molar-refractivity contribution in [1.82, 2.24) is 15.2 Å². The van der Waals surface area contributed by atoms with Gasteiger partial charge in [0.15, 0.2) is 4.34 Å². The second-order valence-corrected chi connectivity index (χ2v) is 9.57. The molecule has 1 atom stereocenters. The number of amides is 1. The van der Waals surface area contributed by atoms with Crippen LogP contribution in [0.2, 0.25) is 0 Å². The first kappa shape index (κ1) is 18.1. The van der Waals surface area contributed by atoms with Crippen molar-refractivity contribution in [3.8, 4) is 10.6 Å². The summed E-state index contributed by atoms with van der Waals surface area (Å²) in [6.07, 6.45) is 0. The number of hydrogen-bond acceptors (Lipinski definition) is 7. The first-order valence-electron chi connectivity index (χ1n) is 8.32. The summed E-state index contributed by atoms with van der Waals surface area (Å²) in [5.74, 6) is -0.106. The maximum Gasteiger partial charge on any atom is 0.239 e. The molecule has 27 heavy (non-hydrogen) atoms. The van der Waals surface area contributed by atoms with Crippen LogP contribution in [-0.2, 0) is 4.79 Å². The van der Waals surface area contributed by atoms with E-state index in [4.69, 9.17) is 0 Å². The lowest BCUT2D eigenvalue weighted by Crippen LogP contribution is -2.22. The van der Waals surface area contributed by atoms with Crippen LogP contribution in [0.5, 0.6) is 0 Å². The molecular weight excluding hydrogens is 396 g/mol. The predicted molar refractivity (Wildman–Crippen MR) is 114 cm³/mol. The fraction of sp³-hybridized carbons (Fsp3) is 0.158. The van der Waals surface area contributed by atoms with Crippen molar-refractivity contribution in [3.05, 3.63) is 54.1 Å². The van der Waals surface area contributed by atoms with Crippen molar-refractivity contribution >= 4 is 55.7 Å². The lowest BCUT2D eigenvalue weighted by Gasteiger charge is -2.07. The van der Waals surface area contributed by atoms with E-state index in [9.17, 15) is 4.79 Å². The zero-order valence-electron chi connectivity index (χ0n) is 14.7. The van der Waals surface area contributed by atoms with E-state index in [-0.39, 0.29) is 11.2 Å². The molecule has 0 fully saturated rings. The molecule has 0 aliphatic heterocycles. The third-order valence-electron chi connectivity index (χ3n) is 3.87. The molecule has 2 heterocycles. The van der Waals surface area contributed by atoms with Crippen LogP contribution in [0.4, 0.5) is 5.13 Å². The van der Waals surface area contributed by atoms with E-state index in [0.29, 0.717) is 5.13 Å². The number of nitrogens with one attached hydrogen (secondary N) is 1. The molecular formula is C19H16N4OS3. The Morgan fingerprint density at radius 1 is 1.07 bits per heavy atom. The molecule has 1 N–H and O–H groups in total. The Morgan fingerprint density at radius 2 is 1.85 bits per heavy atom. The lowest BCUT2D eigenvalue weighted by molar-refractivity contribution is -0.115. The van der Waals surface area contributed by atoms with Crippen molar-refractivity contribution in [2.75, 3.05) is 5.32 Å². The van der Waals surface area contributed by atoms with Crippen molar-refractivity contribution in [3.63, 3.8) is 0 Å². The van der Waals surface area contributed by atoms with E-state index in [1.165, 1.54) is 28.7 Å². The number of anilines is 1. The number of benzene rings is 2. The number of thiazole rings is 1. The number of thioether (sulfide) groups is 1. The molecule has 0 saturated carbocycles. The second kappa shape index (κ2) is 7.75. The third-order valence-corrected chi connectivity index (χ3v) is 6.99. The molecule has 1 unspecified atom stereocenters. The van der Waals surface area contributed by atoms with Gasteiger partial charge in [-0.2, -0.15) is 0 Å². The fourth-order valence-corrected chi connectivity index (χ4v) is 5.36. The Hall–Kier alpha value is -2.29. The molecule has 0 bridgehead atoms. The summed E-state index contributed by atoms with van der Waals surface area (Å²) < 4.78 is 2.01. The van der Waals surface area contributed by atoms with E-state index in [1.807, 2.05) is 62.4 Å². The summed E-state index contributed by atoms with van der Waals surface area (Å²) >= 11 is 4.42. The average molecular weight is 413 g/mol. The van der Waals surface area contributed by atoms with Gasteiger partial charge in [-0.3, -0.25) is 10.1 Å². The molecule has 0 saturated heterocycles. The zero-order chi connectivity index (χ0) is 18.8. The Labute approximate surface area is 168 Å². The minimum atomic E-state index is -0.280. The standard InChI is InChI=1S/C19H16N4OS3/c1-11-7-9-13(10-8-11)17-22-23-18(27-17)21-16(24)12(2)25-19-20-14-5-3-4-6-15(14)26-19/h3-10,12H,1-2H3,(H,21,23,24). The smallest absolute Gasteiger partial charge is 0.239 e. The number of aromatic nitrogens is 3. The van der Waals surface area contributed by atoms with Gasteiger partial charge < -0.3 is 0 Å². The fourth-order valence-electron chi connectivity index (χ4n) is 2.40. The van der Waals surface area contributed by atoms with Crippen LogP contribution < -0.4 is 5.32 Å². The summed E-state index contributed by atoms with van der Waals surface area (Å²) in [4.78, 5) is 17.1. The van der Waals surface area contributed by atoms with Crippen LogP contribution in [0, 0.1) is 6.92 Å². The van der Waals surface area contributed by atoms with Crippen molar-refractivity contribution in [2.24, 2.45) is 0 Å². The van der Waals surface area contributed by atoms with E-state index in [2.05, 4.69) is 20.5 Å². The quantitative estimate of drug-likeness (QED) is 0.454. The molecule has 5 nitrogen and oxygen atoms in total. The van der Waals surface area contributed by atoms with E-state index >= 15 is 0 Å². The Morgan fingerprint density at radius 3 is 2.63 bits per heavy atom. The van der Waals surface area contributed by atoms with Gasteiger partial charge in [0.25, 0.3) is 0 Å².